The van der Waals surface area contributed by atoms with E-state index < -0.39 is 0 Å². The highest BCUT2D eigenvalue weighted by molar-refractivity contribution is 8.18. The first kappa shape index (κ1) is 22.9. The van der Waals surface area contributed by atoms with Crippen LogP contribution in [0.3, 0.4) is 0 Å². The van der Waals surface area contributed by atoms with Crippen LogP contribution in [0.4, 0.5) is 10.5 Å². The van der Waals surface area contributed by atoms with E-state index in [0.717, 1.165) is 41.4 Å². The molecule has 32 heavy (non-hydrogen) atoms. The quantitative estimate of drug-likeness (QED) is 0.453. The number of halogens is 1. The number of aryl methyl sites for hydroxylation is 1. The first-order valence-electron chi connectivity index (χ1n) is 11.0. The third-order valence-corrected chi connectivity index (χ3v) is 7.81. The molecule has 1 atom stereocenters. The van der Waals surface area contributed by atoms with Crippen LogP contribution < -0.4 is 4.90 Å². The lowest BCUT2D eigenvalue weighted by molar-refractivity contribution is -0.123. The van der Waals surface area contributed by atoms with Crippen LogP contribution in [0.5, 0.6) is 0 Å². The van der Waals surface area contributed by atoms with Crippen LogP contribution in [0, 0.1) is 6.92 Å². The van der Waals surface area contributed by atoms with Crippen LogP contribution in [-0.2, 0) is 11.3 Å². The molecule has 2 aromatic carbocycles. The number of rotatable bonds is 4. The van der Waals surface area contributed by atoms with Gasteiger partial charge in [-0.1, -0.05) is 36.7 Å². The number of imide groups is 1. The Morgan fingerprint density at radius 1 is 1.22 bits per heavy atom. The van der Waals surface area contributed by atoms with Gasteiger partial charge in [-0.3, -0.25) is 14.5 Å². The molecule has 2 heterocycles. The lowest BCUT2D eigenvalue weighted by Gasteiger charge is -2.47. The van der Waals surface area contributed by atoms with E-state index in [-0.39, 0.29) is 23.2 Å². The van der Waals surface area contributed by atoms with Crippen molar-refractivity contribution in [1.82, 2.24) is 4.90 Å². The normalized spacial score (nSPS) is 21.4. The van der Waals surface area contributed by atoms with Crippen molar-refractivity contribution in [3.05, 3.63) is 68.6 Å². The number of fused-ring (bicyclic) bond motifs is 1. The number of carbonyl (C=O) groups is 2. The molecule has 168 valence electrons. The first-order chi connectivity index (χ1) is 15.1. The number of carbonyl (C=O) groups excluding carboxylic acids is 2. The Kier molecular flexibility index (Phi) is 6.17. The van der Waals surface area contributed by atoms with Crippen molar-refractivity contribution >= 4 is 46.3 Å². The van der Waals surface area contributed by atoms with E-state index in [0.29, 0.717) is 15.8 Å². The molecule has 0 aliphatic carbocycles. The van der Waals surface area contributed by atoms with Gasteiger partial charge in [-0.25, -0.2) is 0 Å². The molecule has 2 aromatic rings. The van der Waals surface area contributed by atoms with Crippen LogP contribution in [0.2, 0.25) is 5.02 Å². The number of anilines is 1. The summed E-state index contributed by atoms with van der Waals surface area (Å²) >= 11 is 7.23. The lowest BCUT2D eigenvalue weighted by atomic mass is 9.79. The van der Waals surface area contributed by atoms with Crippen molar-refractivity contribution in [2.24, 2.45) is 0 Å². The van der Waals surface area contributed by atoms with E-state index >= 15 is 0 Å². The maximum absolute atomic E-state index is 13.0. The van der Waals surface area contributed by atoms with Crippen molar-refractivity contribution < 1.29 is 9.59 Å². The Labute approximate surface area is 199 Å². The summed E-state index contributed by atoms with van der Waals surface area (Å²) in [5, 5.41) is 0.294. The smallest absolute Gasteiger partial charge is 0.293 e. The molecule has 1 fully saturated rings. The van der Waals surface area contributed by atoms with Crippen LogP contribution in [0.15, 0.2) is 41.3 Å². The summed E-state index contributed by atoms with van der Waals surface area (Å²) in [5.74, 6) is 0.159. The van der Waals surface area contributed by atoms with Crippen molar-refractivity contribution in [1.29, 1.82) is 0 Å². The molecule has 0 spiro atoms. The Hall–Kier alpha value is -2.24. The predicted octanol–water partition coefficient (Wildman–Crippen LogP) is 7.00. The molecule has 2 aliphatic heterocycles. The van der Waals surface area contributed by atoms with E-state index in [4.69, 9.17) is 11.6 Å². The maximum atomic E-state index is 13.0. The average molecular weight is 469 g/mol. The van der Waals surface area contributed by atoms with Gasteiger partial charge in [-0.15, -0.1) is 0 Å². The van der Waals surface area contributed by atoms with Crippen molar-refractivity contribution in [2.45, 2.75) is 59.0 Å². The predicted molar refractivity (Wildman–Crippen MR) is 134 cm³/mol. The zero-order valence-corrected chi connectivity index (χ0v) is 20.8. The second-order valence-electron chi connectivity index (χ2n) is 9.29. The Morgan fingerprint density at radius 2 is 1.94 bits per heavy atom. The van der Waals surface area contributed by atoms with E-state index in [1.807, 2.05) is 24.3 Å². The summed E-state index contributed by atoms with van der Waals surface area (Å²) < 4.78 is 0. The third-order valence-electron chi connectivity index (χ3n) is 6.54. The fraction of sp³-hybridized carbons (Fsp3) is 0.385. The minimum absolute atomic E-state index is 0.108. The second kappa shape index (κ2) is 8.60. The van der Waals surface area contributed by atoms with E-state index in [1.165, 1.54) is 16.2 Å². The molecule has 2 amide bonds. The van der Waals surface area contributed by atoms with Gasteiger partial charge in [0.15, 0.2) is 0 Å². The number of amides is 2. The van der Waals surface area contributed by atoms with Gasteiger partial charge in [0.1, 0.15) is 0 Å². The van der Waals surface area contributed by atoms with Gasteiger partial charge in [0.2, 0.25) is 0 Å². The molecule has 0 N–H and O–H groups in total. The number of nitrogens with zero attached hydrogens (tertiary/aromatic N) is 2. The highest BCUT2D eigenvalue weighted by atomic mass is 35.5. The van der Waals surface area contributed by atoms with Crippen LogP contribution in [0.1, 0.15) is 62.3 Å². The molecule has 0 saturated carbocycles. The van der Waals surface area contributed by atoms with Gasteiger partial charge in [0, 0.05) is 22.8 Å². The largest absolute Gasteiger partial charge is 0.366 e. The summed E-state index contributed by atoms with van der Waals surface area (Å²) in [6.45, 7) is 12.3. The first-order valence-corrected chi connectivity index (χ1v) is 12.2. The molecular formula is C26H29ClN2O2S. The molecule has 0 bridgehead atoms. The van der Waals surface area contributed by atoms with Gasteiger partial charge >= 0.3 is 0 Å². The highest BCUT2D eigenvalue weighted by Gasteiger charge is 2.37. The third kappa shape index (κ3) is 4.08. The standard InChI is InChI=1S/C26H29ClN2O2S/c1-6-29-22-11-16(2)19(12-20(22)17(3)14-26(29,4)5)13-23-24(30)28(25(31)32-23)15-18-9-7-8-10-21(18)27/h7-13,17H,6,14-15H2,1-5H3/b23-13+. The molecule has 1 saturated heterocycles. The maximum Gasteiger partial charge on any atom is 0.293 e. The molecule has 1 unspecified atom stereocenters. The molecule has 2 aliphatic rings. The summed E-state index contributed by atoms with van der Waals surface area (Å²) in [6, 6.07) is 11.7. The Morgan fingerprint density at radius 3 is 2.62 bits per heavy atom. The lowest BCUT2D eigenvalue weighted by Crippen LogP contribution is -2.48. The summed E-state index contributed by atoms with van der Waals surface area (Å²) in [6.07, 6.45) is 2.94. The SMILES string of the molecule is CCN1c2cc(C)c(/C=C3/SC(=O)N(Cc4ccccc4Cl)C3=O)cc2C(C)CC1(C)C. The van der Waals surface area contributed by atoms with Crippen LogP contribution >= 0.6 is 23.4 Å². The summed E-state index contributed by atoms with van der Waals surface area (Å²) in [7, 11) is 0. The Balaban J connectivity index is 1.66. The van der Waals surface area contributed by atoms with Gasteiger partial charge in [0.25, 0.3) is 11.1 Å². The Bertz CT molecular complexity index is 1120. The van der Waals surface area contributed by atoms with Gasteiger partial charge in [-0.05, 0) is 98.3 Å². The molecule has 6 heteroatoms. The summed E-state index contributed by atoms with van der Waals surface area (Å²) in [5.41, 5.74) is 5.55. The molecule has 4 rings (SSSR count). The number of hydrogen-bond donors (Lipinski definition) is 0. The fourth-order valence-electron chi connectivity index (χ4n) is 4.98. The minimum Gasteiger partial charge on any atom is -0.366 e. The summed E-state index contributed by atoms with van der Waals surface area (Å²) in [4.78, 5) is 29.9. The van der Waals surface area contributed by atoms with Gasteiger partial charge in [0.05, 0.1) is 11.4 Å². The monoisotopic (exact) mass is 468 g/mol. The zero-order valence-electron chi connectivity index (χ0n) is 19.2. The highest BCUT2D eigenvalue weighted by Crippen LogP contribution is 2.45. The fourth-order valence-corrected chi connectivity index (χ4v) is 6.00. The molecule has 4 nitrogen and oxygen atoms in total. The second-order valence-corrected chi connectivity index (χ2v) is 10.7. The topological polar surface area (TPSA) is 40.6 Å². The van der Waals surface area contributed by atoms with E-state index in [1.54, 1.807) is 6.07 Å². The van der Waals surface area contributed by atoms with E-state index in [2.05, 4.69) is 51.7 Å². The number of hydrogen-bond acceptors (Lipinski definition) is 4. The van der Waals surface area contributed by atoms with Crippen molar-refractivity contribution in [3.63, 3.8) is 0 Å². The molecule has 0 radical (unpaired) electrons. The number of thioether (sulfide) groups is 1. The van der Waals surface area contributed by atoms with Crippen LogP contribution in [-0.4, -0.2) is 28.1 Å². The minimum atomic E-state index is -0.263. The average Bonchev–Trinajstić information content (AvgIpc) is 2.98. The zero-order chi connectivity index (χ0) is 23.2. The van der Waals surface area contributed by atoms with Crippen LogP contribution in [0.25, 0.3) is 6.08 Å². The molecular weight excluding hydrogens is 440 g/mol. The van der Waals surface area contributed by atoms with Crippen molar-refractivity contribution in [3.8, 4) is 0 Å². The molecule has 0 aromatic heterocycles. The number of benzene rings is 2. The van der Waals surface area contributed by atoms with Crippen molar-refractivity contribution in [2.75, 3.05) is 11.4 Å². The van der Waals surface area contributed by atoms with E-state index in [9.17, 15) is 9.59 Å². The van der Waals surface area contributed by atoms with Gasteiger partial charge < -0.3 is 4.90 Å². The van der Waals surface area contributed by atoms with Gasteiger partial charge in [-0.2, -0.15) is 0 Å².